The molecule has 0 saturated carbocycles. The van der Waals surface area contributed by atoms with Crippen molar-refractivity contribution in [2.24, 2.45) is 23.0 Å². The first kappa shape index (κ1) is 57.0. The zero-order chi connectivity index (χ0) is 48.2. The predicted octanol–water partition coefficient (Wildman–Crippen LogP) is -1.63. The van der Waals surface area contributed by atoms with Gasteiger partial charge in [0.2, 0.25) is 29.5 Å². The average Bonchev–Trinajstić information content (AvgIpc) is 3.26. The van der Waals surface area contributed by atoms with Crippen molar-refractivity contribution in [3.05, 3.63) is 47.8 Å². The molecule has 3 atom stereocenters. The number of amides is 7. The van der Waals surface area contributed by atoms with Crippen molar-refractivity contribution in [2.75, 3.05) is 59.0 Å². The lowest BCUT2D eigenvalue weighted by molar-refractivity contribution is -0.139. The molecule has 0 heterocycles. The first-order valence-corrected chi connectivity index (χ1v) is 22.0. The van der Waals surface area contributed by atoms with Gasteiger partial charge in [-0.15, -0.1) is 0 Å². The number of unbranched alkanes of at least 4 members (excludes halogenated alkanes) is 6. The van der Waals surface area contributed by atoms with Gasteiger partial charge in [0.05, 0.1) is 18.8 Å². The highest BCUT2D eigenvalue weighted by molar-refractivity contribution is 5.90. The van der Waals surface area contributed by atoms with Gasteiger partial charge in [-0.25, -0.2) is 15.4 Å². The van der Waals surface area contributed by atoms with Crippen molar-refractivity contribution < 1.29 is 53.3 Å². The van der Waals surface area contributed by atoms with E-state index in [4.69, 9.17) is 32.9 Å². The minimum absolute atomic E-state index is 0.0666. The Morgan fingerprint density at radius 2 is 1.28 bits per heavy atom. The number of carboxylic acids is 2. The van der Waals surface area contributed by atoms with Crippen LogP contribution in [-0.4, -0.2) is 140 Å². The second kappa shape index (κ2) is 35.3. The zero-order valence-electron chi connectivity index (χ0n) is 37.3. The molecule has 0 fully saturated rings. The Labute approximate surface area is 380 Å². The number of rotatable bonds is 37. The molecule has 17 N–H and O–H groups in total. The van der Waals surface area contributed by atoms with E-state index in [0.717, 1.165) is 31.2 Å². The number of ether oxygens (including phenoxy) is 1. The Morgan fingerprint density at radius 1 is 0.646 bits per heavy atom. The molecule has 0 aromatic heterocycles. The van der Waals surface area contributed by atoms with Crippen molar-refractivity contribution in [2.45, 2.75) is 108 Å². The maximum Gasteiger partial charge on any atom is 0.326 e. The standard InChI is InChI=1S/C42H72N12O11/c43-19-10-8-15-32(51-36(56)18-20-44)39(60)47-21-22-48-40(61)34(25-30-13-5-4-6-14-30)52-37(57)26-49-35(55)17-7-2-1-3-12-24-65-29-31(45)28-54(46)23-11-9-16-33(41(62)63)53-42(64)50-27-38(58)59/h4-6,13-14,28,32-34H,1-3,7-12,15-27,29,43-46H2,(H,47,60)(H,48,61)(H,49,55)(H,51,56)(H,52,57)(H,58,59)(H,62,63)(H2,50,53,64)/b31-28-/t32-,33-,34?/m0/s1. The molecule has 65 heavy (non-hydrogen) atoms. The quantitative estimate of drug-likeness (QED) is 0.0202. The van der Waals surface area contributed by atoms with Crippen LogP contribution in [0.25, 0.3) is 0 Å². The largest absolute Gasteiger partial charge is 0.480 e. The molecule has 23 nitrogen and oxygen atoms in total. The van der Waals surface area contributed by atoms with Crippen LogP contribution in [0.1, 0.15) is 89.0 Å². The number of carbonyl (C=O) groups is 8. The van der Waals surface area contributed by atoms with E-state index in [-0.39, 0.29) is 70.3 Å². The van der Waals surface area contributed by atoms with Gasteiger partial charge in [-0.05, 0) is 63.5 Å². The zero-order valence-corrected chi connectivity index (χ0v) is 37.3. The van der Waals surface area contributed by atoms with E-state index >= 15 is 0 Å². The van der Waals surface area contributed by atoms with Gasteiger partial charge in [0.1, 0.15) is 24.7 Å². The Kier molecular flexibility index (Phi) is 31.0. The van der Waals surface area contributed by atoms with Gasteiger partial charge in [-0.1, -0.05) is 49.6 Å². The molecule has 366 valence electrons. The van der Waals surface area contributed by atoms with Crippen molar-refractivity contribution in [1.29, 1.82) is 0 Å². The summed E-state index contributed by atoms with van der Waals surface area (Å²) in [6.07, 6.45) is 8.73. The molecule has 0 spiro atoms. The third-order valence-electron chi connectivity index (χ3n) is 9.53. The van der Waals surface area contributed by atoms with Gasteiger partial charge in [0.25, 0.3) is 0 Å². The molecule has 0 radical (unpaired) electrons. The molecule has 1 aromatic rings. The third-order valence-corrected chi connectivity index (χ3v) is 9.53. The highest BCUT2D eigenvalue weighted by Gasteiger charge is 2.23. The Hall–Kier alpha value is -6.04. The number of hydrogen-bond donors (Lipinski definition) is 13. The summed E-state index contributed by atoms with van der Waals surface area (Å²) in [5.41, 5.74) is 18.2. The van der Waals surface area contributed by atoms with Crippen LogP contribution < -0.4 is 60.3 Å². The number of carbonyl (C=O) groups excluding carboxylic acids is 6. The normalized spacial score (nSPS) is 12.4. The van der Waals surface area contributed by atoms with Gasteiger partial charge in [0, 0.05) is 58.2 Å². The number of nitrogens with one attached hydrogen (secondary N) is 7. The Bertz CT molecular complexity index is 1640. The molecular weight excluding hydrogens is 849 g/mol. The fraction of sp³-hybridized carbons (Fsp3) is 0.619. The monoisotopic (exact) mass is 921 g/mol. The Morgan fingerprint density at radius 3 is 1.94 bits per heavy atom. The van der Waals surface area contributed by atoms with Crippen LogP contribution in [0.3, 0.4) is 0 Å². The lowest BCUT2D eigenvalue weighted by Crippen LogP contribution is -2.52. The number of nitrogens with two attached hydrogens (primary N) is 4. The Balaban J connectivity index is 2.34. The van der Waals surface area contributed by atoms with Gasteiger partial charge in [0.15, 0.2) is 0 Å². The smallest absolute Gasteiger partial charge is 0.326 e. The van der Waals surface area contributed by atoms with Crippen LogP contribution >= 0.6 is 0 Å². The van der Waals surface area contributed by atoms with Crippen molar-refractivity contribution in [1.82, 2.24) is 42.2 Å². The topological polar surface area (TPSA) is 378 Å². The number of hydrogen-bond acceptors (Lipinski definition) is 14. The van der Waals surface area contributed by atoms with Gasteiger partial charge >= 0.3 is 18.0 Å². The summed E-state index contributed by atoms with van der Waals surface area (Å²) in [5.74, 6) is 1.43. The van der Waals surface area contributed by atoms with Crippen molar-refractivity contribution in [3.63, 3.8) is 0 Å². The second-order valence-electron chi connectivity index (χ2n) is 15.2. The summed E-state index contributed by atoms with van der Waals surface area (Å²) in [7, 11) is 0. The van der Waals surface area contributed by atoms with Crippen LogP contribution in [0.5, 0.6) is 0 Å². The lowest BCUT2D eigenvalue weighted by Gasteiger charge is -2.20. The average molecular weight is 921 g/mol. The van der Waals surface area contributed by atoms with E-state index in [9.17, 15) is 43.5 Å². The maximum atomic E-state index is 13.2. The number of aliphatic carboxylic acids is 2. The number of hydrazine groups is 1. The van der Waals surface area contributed by atoms with Crippen LogP contribution in [0.2, 0.25) is 0 Å². The summed E-state index contributed by atoms with van der Waals surface area (Å²) >= 11 is 0. The highest BCUT2D eigenvalue weighted by Crippen LogP contribution is 2.08. The molecular formula is C42H72N12O11. The van der Waals surface area contributed by atoms with E-state index in [0.29, 0.717) is 63.9 Å². The molecule has 7 amide bonds. The summed E-state index contributed by atoms with van der Waals surface area (Å²) in [5, 5.41) is 37.0. The SMILES string of the molecule is NCCCC[C@H](NC(=O)CCN)C(=O)NCCNC(=O)C(Cc1ccccc1)NC(=O)CNC(=O)CCCCCCCOC/C(N)=C/N(N)CCCC[C@H](NC(=O)NCC(=O)O)C(=O)O. The predicted molar refractivity (Wildman–Crippen MR) is 241 cm³/mol. The molecule has 0 aliphatic heterocycles. The third kappa shape index (κ3) is 29.9. The van der Waals surface area contributed by atoms with Gasteiger partial charge in [-0.2, -0.15) is 0 Å². The van der Waals surface area contributed by atoms with E-state index < -0.39 is 60.4 Å². The molecule has 1 aromatic carbocycles. The number of benzene rings is 1. The summed E-state index contributed by atoms with van der Waals surface area (Å²) in [6, 6.07) is 5.34. The fourth-order valence-electron chi connectivity index (χ4n) is 6.14. The summed E-state index contributed by atoms with van der Waals surface area (Å²) in [6.45, 7) is 0.805. The molecule has 0 aliphatic carbocycles. The molecule has 1 unspecified atom stereocenters. The van der Waals surface area contributed by atoms with E-state index in [1.54, 1.807) is 0 Å². The first-order valence-electron chi connectivity index (χ1n) is 22.0. The second-order valence-corrected chi connectivity index (χ2v) is 15.2. The van der Waals surface area contributed by atoms with Crippen LogP contribution in [0.4, 0.5) is 4.79 Å². The van der Waals surface area contributed by atoms with Crippen LogP contribution in [0, 0.1) is 0 Å². The van der Waals surface area contributed by atoms with E-state index in [1.807, 2.05) is 35.6 Å². The fourth-order valence-corrected chi connectivity index (χ4v) is 6.14. The first-order chi connectivity index (χ1) is 31.1. The molecule has 0 bridgehead atoms. The van der Waals surface area contributed by atoms with Gasteiger partial charge < -0.3 is 74.4 Å². The molecule has 0 aliphatic rings. The lowest BCUT2D eigenvalue weighted by atomic mass is 10.1. The van der Waals surface area contributed by atoms with Crippen LogP contribution in [-0.2, 0) is 44.7 Å². The molecule has 0 saturated heterocycles. The van der Waals surface area contributed by atoms with E-state index in [2.05, 4.69) is 31.9 Å². The summed E-state index contributed by atoms with van der Waals surface area (Å²) < 4.78 is 5.61. The number of carboxylic acid groups (broad SMARTS) is 2. The van der Waals surface area contributed by atoms with Crippen molar-refractivity contribution >= 4 is 47.5 Å². The van der Waals surface area contributed by atoms with Gasteiger partial charge in [-0.3, -0.25) is 28.8 Å². The minimum Gasteiger partial charge on any atom is -0.480 e. The van der Waals surface area contributed by atoms with Crippen molar-refractivity contribution in [3.8, 4) is 0 Å². The minimum atomic E-state index is -1.25. The number of nitrogens with zero attached hydrogens (tertiary/aromatic N) is 1. The maximum absolute atomic E-state index is 13.2. The van der Waals surface area contributed by atoms with E-state index in [1.165, 1.54) is 11.2 Å². The molecule has 23 heteroatoms. The summed E-state index contributed by atoms with van der Waals surface area (Å²) in [4.78, 5) is 97.0. The molecule has 1 rings (SSSR count). The number of urea groups is 1. The highest BCUT2D eigenvalue weighted by atomic mass is 16.5. The van der Waals surface area contributed by atoms with Crippen LogP contribution in [0.15, 0.2) is 42.2 Å².